The van der Waals surface area contributed by atoms with Crippen molar-refractivity contribution < 1.29 is 14.7 Å². The summed E-state index contributed by atoms with van der Waals surface area (Å²) in [5, 5.41) is 12.0. The van der Waals surface area contributed by atoms with Gasteiger partial charge in [0, 0.05) is 42.9 Å². The highest BCUT2D eigenvalue weighted by atomic mass is 32.1. The monoisotopic (exact) mass is 551 g/mol. The number of carbonyl (C=O) groups excluding carboxylic acids is 1. The van der Waals surface area contributed by atoms with E-state index in [0.717, 1.165) is 57.2 Å². The molecule has 0 radical (unpaired) electrons. The number of aromatic nitrogens is 2. The Kier molecular flexibility index (Phi) is 9.29. The average Bonchev–Trinajstić information content (AvgIpc) is 3.33. The number of carboxylic acids is 1. The van der Waals surface area contributed by atoms with Gasteiger partial charge in [-0.25, -0.2) is 15.2 Å². The topological polar surface area (TPSA) is 98.7 Å². The first-order chi connectivity index (χ1) is 18.5. The lowest BCUT2D eigenvalue weighted by molar-refractivity contribution is -0.124. The van der Waals surface area contributed by atoms with Gasteiger partial charge in [0.2, 0.25) is 5.91 Å². The molecule has 39 heavy (non-hydrogen) atoms. The van der Waals surface area contributed by atoms with E-state index < -0.39 is 5.97 Å². The molecule has 2 aromatic heterocycles. The Morgan fingerprint density at radius 1 is 1.08 bits per heavy atom. The summed E-state index contributed by atoms with van der Waals surface area (Å²) in [4.78, 5) is 37.7. The van der Waals surface area contributed by atoms with Crippen molar-refractivity contribution in [3.05, 3.63) is 34.4 Å². The van der Waals surface area contributed by atoms with E-state index >= 15 is 0 Å². The van der Waals surface area contributed by atoms with Gasteiger partial charge in [-0.3, -0.25) is 14.8 Å². The van der Waals surface area contributed by atoms with Crippen molar-refractivity contribution in [2.45, 2.75) is 91.1 Å². The van der Waals surface area contributed by atoms with Crippen molar-refractivity contribution >= 4 is 34.7 Å². The zero-order valence-electron chi connectivity index (χ0n) is 23.7. The minimum atomic E-state index is -1.00. The van der Waals surface area contributed by atoms with Crippen LogP contribution in [0.1, 0.15) is 93.6 Å². The van der Waals surface area contributed by atoms with E-state index in [1.165, 1.54) is 11.3 Å². The molecular formula is C30H41N5O3S. The number of anilines is 2. The van der Waals surface area contributed by atoms with Crippen LogP contribution in [0.5, 0.6) is 0 Å². The molecule has 2 fully saturated rings. The standard InChI is InChI=1S/C30H41N5O3S/c1-20-6-8-21(9-7-20)28(36)35(25-18-24(14-15-30(2,3)4)39-27(25)29(37)38)23-12-10-22(11-13-23)33-34(5)26-19-31-16-17-32-26/h16-23,33H,6-13H2,1-5H3,(H,37,38). The van der Waals surface area contributed by atoms with E-state index in [2.05, 4.69) is 34.2 Å². The van der Waals surface area contributed by atoms with Crippen molar-refractivity contribution in [2.24, 2.45) is 17.3 Å². The largest absolute Gasteiger partial charge is 0.477 e. The van der Waals surface area contributed by atoms with E-state index in [0.29, 0.717) is 16.5 Å². The van der Waals surface area contributed by atoms with Crippen LogP contribution in [0, 0.1) is 29.1 Å². The van der Waals surface area contributed by atoms with Crippen molar-refractivity contribution in [1.29, 1.82) is 0 Å². The van der Waals surface area contributed by atoms with Crippen molar-refractivity contribution in [3.63, 3.8) is 0 Å². The van der Waals surface area contributed by atoms with Crippen LogP contribution in [0.25, 0.3) is 0 Å². The Morgan fingerprint density at radius 3 is 2.36 bits per heavy atom. The maximum atomic E-state index is 14.1. The summed E-state index contributed by atoms with van der Waals surface area (Å²) in [5.74, 6) is 6.76. The number of carboxylic acid groups (broad SMARTS) is 1. The molecule has 2 aliphatic rings. The predicted octanol–water partition coefficient (Wildman–Crippen LogP) is 5.75. The Morgan fingerprint density at radius 2 is 1.77 bits per heavy atom. The third-order valence-corrected chi connectivity index (χ3v) is 8.69. The summed E-state index contributed by atoms with van der Waals surface area (Å²) in [6.45, 7) is 8.33. The molecule has 2 aliphatic carbocycles. The number of rotatable bonds is 7. The molecule has 4 rings (SSSR count). The highest BCUT2D eigenvalue weighted by Gasteiger charge is 2.37. The second-order valence-electron chi connectivity index (χ2n) is 12.1. The summed E-state index contributed by atoms with van der Waals surface area (Å²) in [6, 6.07) is 2.02. The van der Waals surface area contributed by atoms with Crippen LogP contribution >= 0.6 is 11.3 Å². The van der Waals surface area contributed by atoms with Gasteiger partial charge in [0.15, 0.2) is 5.82 Å². The van der Waals surface area contributed by atoms with Crippen LogP contribution in [-0.4, -0.2) is 46.1 Å². The van der Waals surface area contributed by atoms with Gasteiger partial charge in [-0.1, -0.05) is 18.8 Å². The lowest BCUT2D eigenvalue weighted by Crippen LogP contribution is -2.50. The maximum Gasteiger partial charge on any atom is 0.348 e. The Balaban J connectivity index is 1.58. The minimum Gasteiger partial charge on any atom is -0.477 e. The molecule has 9 heteroatoms. The van der Waals surface area contributed by atoms with Gasteiger partial charge in [-0.2, -0.15) is 0 Å². The number of thiophene rings is 1. The highest BCUT2D eigenvalue weighted by Crippen LogP contribution is 2.39. The molecule has 0 bridgehead atoms. The van der Waals surface area contributed by atoms with Gasteiger partial charge < -0.3 is 10.0 Å². The van der Waals surface area contributed by atoms with E-state index in [4.69, 9.17) is 0 Å². The molecule has 0 aliphatic heterocycles. The number of hydrogen-bond donors (Lipinski definition) is 2. The fourth-order valence-electron chi connectivity index (χ4n) is 5.49. The smallest absolute Gasteiger partial charge is 0.348 e. The fourth-order valence-corrected chi connectivity index (χ4v) is 6.33. The molecule has 0 saturated heterocycles. The first kappa shape index (κ1) is 29.0. The van der Waals surface area contributed by atoms with Gasteiger partial charge in [0.1, 0.15) is 4.88 Å². The van der Waals surface area contributed by atoms with Crippen molar-refractivity contribution in [1.82, 2.24) is 15.4 Å². The Labute approximate surface area is 236 Å². The highest BCUT2D eigenvalue weighted by molar-refractivity contribution is 7.15. The summed E-state index contributed by atoms with van der Waals surface area (Å²) < 4.78 is 0. The summed E-state index contributed by atoms with van der Waals surface area (Å²) >= 11 is 1.17. The first-order valence-electron chi connectivity index (χ1n) is 14.0. The normalized spacial score (nSPS) is 23.4. The van der Waals surface area contributed by atoms with Crippen LogP contribution in [0.4, 0.5) is 11.5 Å². The fraction of sp³-hybridized carbons (Fsp3) is 0.600. The number of hydrogen-bond acceptors (Lipinski definition) is 7. The first-order valence-corrected chi connectivity index (χ1v) is 14.8. The number of aromatic carboxylic acids is 1. The van der Waals surface area contributed by atoms with Crippen LogP contribution in [-0.2, 0) is 4.79 Å². The molecular weight excluding hydrogens is 510 g/mol. The molecule has 0 aromatic carbocycles. The Hall–Kier alpha value is -2.96. The zero-order valence-corrected chi connectivity index (χ0v) is 24.6. The summed E-state index contributed by atoms with van der Waals surface area (Å²) in [7, 11) is 1.93. The molecule has 8 nitrogen and oxygen atoms in total. The van der Waals surface area contributed by atoms with Gasteiger partial charge in [0.05, 0.1) is 16.8 Å². The van der Waals surface area contributed by atoms with Crippen molar-refractivity contribution in [2.75, 3.05) is 17.0 Å². The van der Waals surface area contributed by atoms with Gasteiger partial charge in [-0.05, 0) is 84.1 Å². The average molecular weight is 552 g/mol. The summed E-state index contributed by atoms with van der Waals surface area (Å²) in [6.07, 6.45) is 12.1. The lowest BCUT2D eigenvalue weighted by atomic mass is 9.81. The van der Waals surface area contributed by atoms with E-state index in [1.54, 1.807) is 18.6 Å². The number of nitrogens with zero attached hydrogens (tertiary/aromatic N) is 4. The molecule has 210 valence electrons. The van der Waals surface area contributed by atoms with Gasteiger partial charge >= 0.3 is 5.97 Å². The van der Waals surface area contributed by atoms with Crippen molar-refractivity contribution in [3.8, 4) is 11.8 Å². The van der Waals surface area contributed by atoms with Gasteiger partial charge in [-0.15, -0.1) is 11.3 Å². The Bertz CT molecular complexity index is 1200. The van der Waals surface area contributed by atoms with Crippen LogP contribution in [0.15, 0.2) is 24.7 Å². The van der Waals surface area contributed by atoms with E-state index in [-0.39, 0.29) is 34.2 Å². The second-order valence-corrected chi connectivity index (χ2v) is 13.1. The van der Waals surface area contributed by atoms with Crippen LogP contribution in [0.2, 0.25) is 0 Å². The summed E-state index contributed by atoms with van der Waals surface area (Å²) in [5.41, 5.74) is 3.83. The molecule has 0 atom stereocenters. The third kappa shape index (κ3) is 7.58. The predicted molar refractivity (Wildman–Crippen MR) is 156 cm³/mol. The lowest BCUT2D eigenvalue weighted by Gasteiger charge is -2.40. The van der Waals surface area contributed by atoms with Gasteiger partial charge in [0.25, 0.3) is 0 Å². The van der Waals surface area contributed by atoms with E-state index in [9.17, 15) is 14.7 Å². The zero-order chi connectivity index (χ0) is 28.2. The molecule has 2 heterocycles. The SMILES string of the molecule is CC1CCC(C(=O)N(c2cc(C#CC(C)(C)C)sc2C(=O)O)C2CCC(NN(C)c3cnccn3)CC2)CC1. The van der Waals surface area contributed by atoms with Crippen LogP contribution < -0.4 is 15.3 Å². The molecule has 2 N–H and O–H groups in total. The third-order valence-electron chi connectivity index (χ3n) is 7.66. The quantitative estimate of drug-likeness (QED) is 0.334. The molecule has 0 unspecified atom stereocenters. The number of hydrazine groups is 1. The minimum absolute atomic E-state index is 0.0483. The molecule has 2 saturated carbocycles. The van der Waals surface area contributed by atoms with E-state index in [1.807, 2.05) is 43.8 Å². The van der Waals surface area contributed by atoms with Crippen LogP contribution in [0.3, 0.4) is 0 Å². The number of amides is 1. The number of carbonyl (C=O) groups is 2. The maximum absolute atomic E-state index is 14.1. The number of nitrogens with one attached hydrogen (secondary N) is 1. The molecule has 2 aromatic rings. The molecule has 0 spiro atoms. The molecule has 1 amide bonds. The second kappa shape index (κ2) is 12.5.